The molecule has 2 rings (SSSR count). The number of aliphatic hydroxyl groups excluding tert-OH is 1. The van der Waals surface area contributed by atoms with E-state index in [1.807, 2.05) is 0 Å². The van der Waals surface area contributed by atoms with E-state index >= 15 is 0 Å². The summed E-state index contributed by atoms with van der Waals surface area (Å²) in [7, 11) is 0. The van der Waals surface area contributed by atoms with Crippen molar-refractivity contribution in [2.24, 2.45) is 0 Å². The molecule has 1 amide bonds. The van der Waals surface area contributed by atoms with Crippen LogP contribution in [0.2, 0.25) is 0 Å². The molecule has 0 saturated heterocycles. The highest BCUT2D eigenvalue weighted by Crippen LogP contribution is 2.38. The first kappa shape index (κ1) is 17.4. The summed E-state index contributed by atoms with van der Waals surface area (Å²) in [5, 5.41) is 12.7. The lowest BCUT2D eigenvalue weighted by Crippen LogP contribution is -2.33. The van der Waals surface area contributed by atoms with Gasteiger partial charge in [0.1, 0.15) is 11.6 Å². The van der Waals surface area contributed by atoms with Crippen molar-refractivity contribution in [2.75, 3.05) is 5.33 Å². The van der Waals surface area contributed by atoms with Crippen LogP contribution in [0.3, 0.4) is 0 Å². The molecule has 2 N–H and O–H groups in total. The van der Waals surface area contributed by atoms with Crippen molar-refractivity contribution in [3.63, 3.8) is 0 Å². The number of ether oxygens (including phenoxy) is 1. The van der Waals surface area contributed by atoms with E-state index in [2.05, 4.69) is 21.2 Å². The molecule has 5 nitrogen and oxygen atoms in total. The van der Waals surface area contributed by atoms with Crippen LogP contribution in [0.4, 0.5) is 8.78 Å². The molecule has 0 fully saturated rings. The lowest BCUT2D eigenvalue weighted by Gasteiger charge is -2.24. The topological polar surface area (TPSA) is 75.6 Å². The van der Waals surface area contributed by atoms with Crippen molar-refractivity contribution in [1.29, 1.82) is 0 Å². The van der Waals surface area contributed by atoms with E-state index in [4.69, 9.17) is 4.74 Å². The minimum absolute atomic E-state index is 0.143. The fraction of sp³-hybridized carbons (Fsp3) is 0.333. The molecule has 0 aromatic heterocycles. The Morgan fingerprint density at radius 3 is 2.78 bits per heavy atom. The lowest BCUT2D eigenvalue weighted by molar-refractivity contribution is -0.133. The third-order valence-corrected chi connectivity index (χ3v) is 3.96. The second-order valence-corrected chi connectivity index (χ2v) is 5.90. The summed E-state index contributed by atoms with van der Waals surface area (Å²) in [5.41, 5.74) is -2.31. The van der Waals surface area contributed by atoms with Gasteiger partial charge in [0.15, 0.2) is 0 Å². The number of alkyl halides is 1. The molecule has 0 aliphatic carbocycles. The van der Waals surface area contributed by atoms with E-state index < -0.39 is 40.6 Å². The summed E-state index contributed by atoms with van der Waals surface area (Å²) in [6, 6.07) is 2.57. The summed E-state index contributed by atoms with van der Waals surface area (Å²) in [6.07, 6.45) is 0.689. The number of amides is 1. The molecule has 1 unspecified atom stereocenters. The molecule has 1 atom stereocenters. The van der Waals surface area contributed by atoms with Crippen LogP contribution in [-0.2, 0) is 19.9 Å². The largest absolute Gasteiger partial charge is 0.501 e. The number of rotatable bonds is 5. The highest BCUT2D eigenvalue weighted by atomic mass is 79.9. The summed E-state index contributed by atoms with van der Waals surface area (Å²) in [5.74, 6) is -4.33. The maximum atomic E-state index is 13.9. The van der Waals surface area contributed by atoms with Crippen molar-refractivity contribution in [1.82, 2.24) is 5.32 Å². The second kappa shape index (κ2) is 6.66. The first-order valence-corrected chi connectivity index (χ1v) is 7.90. The average molecular weight is 390 g/mol. The van der Waals surface area contributed by atoms with Gasteiger partial charge in [0.2, 0.25) is 23.2 Å². The maximum absolute atomic E-state index is 13.9. The van der Waals surface area contributed by atoms with Gasteiger partial charge >= 0.3 is 0 Å². The summed E-state index contributed by atoms with van der Waals surface area (Å²) in [6.45, 7) is 1.20. The monoisotopic (exact) mass is 389 g/mol. The van der Waals surface area contributed by atoms with Crippen LogP contribution >= 0.6 is 15.9 Å². The van der Waals surface area contributed by atoms with Crippen molar-refractivity contribution in [3.05, 3.63) is 47.0 Å². The number of hydrogen-bond acceptors (Lipinski definition) is 4. The Morgan fingerprint density at radius 2 is 2.13 bits per heavy atom. The molecule has 124 valence electrons. The number of carbonyl (C=O) groups excluding carboxylic acids is 2. The zero-order valence-electron chi connectivity index (χ0n) is 12.2. The molecule has 1 heterocycles. The van der Waals surface area contributed by atoms with E-state index in [9.17, 15) is 23.5 Å². The molecule has 23 heavy (non-hydrogen) atoms. The fourth-order valence-corrected chi connectivity index (χ4v) is 2.45. The lowest BCUT2D eigenvalue weighted by atomic mass is 9.91. The van der Waals surface area contributed by atoms with Gasteiger partial charge in [-0.3, -0.25) is 14.9 Å². The van der Waals surface area contributed by atoms with Crippen LogP contribution in [0.5, 0.6) is 0 Å². The van der Waals surface area contributed by atoms with Gasteiger partial charge in [0.05, 0.1) is 0 Å². The van der Waals surface area contributed by atoms with Crippen LogP contribution in [0.15, 0.2) is 29.8 Å². The molecule has 0 spiro atoms. The van der Waals surface area contributed by atoms with E-state index in [0.717, 1.165) is 18.2 Å². The van der Waals surface area contributed by atoms with Gasteiger partial charge in [0.25, 0.3) is 5.78 Å². The average Bonchev–Trinajstić information content (AvgIpc) is 2.72. The number of aliphatic hydroxyl groups is 1. The Balaban J connectivity index is 2.27. The molecule has 1 aromatic rings. The van der Waals surface area contributed by atoms with E-state index in [0.29, 0.717) is 11.8 Å². The summed E-state index contributed by atoms with van der Waals surface area (Å²) < 4.78 is 32.6. The highest BCUT2D eigenvalue weighted by Gasteiger charge is 2.49. The molecular weight excluding hydrogens is 376 g/mol. The molecule has 0 bridgehead atoms. The molecule has 0 saturated carbocycles. The molecular formula is C15H14BrF2NO4. The molecule has 1 aromatic carbocycles. The van der Waals surface area contributed by atoms with Crippen LogP contribution in [0.25, 0.3) is 0 Å². The fourth-order valence-electron chi connectivity index (χ4n) is 2.17. The van der Waals surface area contributed by atoms with Crippen LogP contribution in [0.1, 0.15) is 25.3 Å². The Bertz CT molecular complexity index is 692. The SMILES string of the molecule is CC1(c2cc(F)ccc2F)OC(NC(=O)CCCBr)=C(O)C1=O. The first-order chi connectivity index (χ1) is 10.8. The quantitative estimate of drug-likeness (QED) is 0.759. The van der Waals surface area contributed by atoms with Crippen molar-refractivity contribution in [2.45, 2.75) is 25.4 Å². The Hall–Kier alpha value is -1.96. The minimum atomic E-state index is -1.95. The van der Waals surface area contributed by atoms with E-state index in [1.165, 1.54) is 6.92 Å². The van der Waals surface area contributed by atoms with Crippen molar-refractivity contribution >= 4 is 27.6 Å². The van der Waals surface area contributed by atoms with Crippen molar-refractivity contribution < 1.29 is 28.2 Å². The van der Waals surface area contributed by atoms with Gasteiger partial charge < -0.3 is 9.84 Å². The normalized spacial score (nSPS) is 20.6. The van der Waals surface area contributed by atoms with Gasteiger partial charge in [-0.05, 0) is 31.5 Å². The smallest absolute Gasteiger partial charge is 0.250 e. The summed E-state index contributed by atoms with van der Waals surface area (Å²) in [4.78, 5) is 23.9. The standard InChI is InChI=1S/C15H14BrF2NO4/c1-15(9-7-8(17)4-5-10(9)18)13(22)12(21)14(23-15)19-11(20)3-2-6-16/h4-5,7,21H,2-3,6H2,1H3,(H,19,20). The van der Waals surface area contributed by atoms with Gasteiger partial charge in [0, 0.05) is 17.3 Å². The van der Waals surface area contributed by atoms with Gasteiger partial charge in [-0.1, -0.05) is 15.9 Å². The van der Waals surface area contributed by atoms with E-state index in [1.54, 1.807) is 0 Å². The summed E-state index contributed by atoms with van der Waals surface area (Å²) >= 11 is 3.17. The zero-order valence-corrected chi connectivity index (χ0v) is 13.7. The maximum Gasteiger partial charge on any atom is 0.250 e. The molecule has 1 aliphatic rings. The third kappa shape index (κ3) is 3.36. The Labute approximate surface area is 139 Å². The Kier molecular flexibility index (Phi) is 5.03. The minimum Gasteiger partial charge on any atom is -0.501 e. The molecule has 1 aliphatic heterocycles. The second-order valence-electron chi connectivity index (χ2n) is 5.11. The predicted molar refractivity (Wildman–Crippen MR) is 80.6 cm³/mol. The van der Waals surface area contributed by atoms with E-state index in [-0.39, 0.29) is 12.0 Å². The van der Waals surface area contributed by atoms with Gasteiger partial charge in [-0.2, -0.15) is 0 Å². The molecule has 0 radical (unpaired) electrons. The van der Waals surface area contributed by atoms with Crippen molar-refractivity contribution in [3.8, 4) is 0 Å². The number of Topliss-reactive ketones (excluding diaryl/α,β-unsaturated/α-hetero) is 1. The number of nitrogens with one attached hydrogen (secondary N) is 1. The number of hydrogen-bond donors (Lipinski definition) is 2. The third-order valence-electron chi connectivity index (χ3n) is 3.40. The molecule has 8 heteroatoms. The number of carbonyl (C=O) groups is 2. The first-order valence-electron chi connectivity index (χ1n) is 6.78. The highest BCUT2D eigenvalue weighted by molar-refractivity contribution is 9.09. The Morgan fingerprint density at radius 1 is 1.43 bits per heavy atom. The number of halogens is 3. The predicted octanol–water partition coefficient (Wildman–Crippen LogP) is 2.80. The van der Waals surface area contributed by atoms with Crippen LogP contribution < -0.4 is 5.32 Å². The van der Waals surface area contributed by atoms with Gasteiger partial charge in [-0.25, -0.2) is 8.78 Å². The number of ketones is 1. The zero-order chi connectivity index (χ0) is 17.2. The van der Waals surface area contributed by atoms with Crippen LogP contribution in [-0.4, -0.2) is 22.1 Å². The van der Waals surface area contributed by atoms with Gasteiger partial charge in [-0.15, -0.1) is 0 Å². The van der Waals surface area contributed by atoms with Crippen LogP contribution in [0, 0.1) is 11.6 Å². The number of benzene rings is 1.